The fourth-order valence-corrected chi connectivity index (χ4v) is 3.73. The minimum atomic E-state index is 0.360. The maximum absolute atomic E-state index is 2.74. The Balaban J connectivity index is 1.93. The van der Waals surface area contributed by atoms with Crippen LogP contribution in [0.2, 0.25) is 0 Å². The fraction of sp³-hybridized carbons (Fsp3) is 0.667. The van der Waals surface area contributed by atoms with E-state index in [0.717, 1.165) is 0 Å². The first kappa shape index (κ1) is 14.6. The van der Waals surface area contributed by atoms with E-state index in [1.54, 1.807) is 0 Å². The lowest BCUT2D eigenvalue weighted by molar-refractivity contribution is -0.0271. The summed E-state index contributed by atoms with van der Waals surface area (Å²) < 4.78 is 0. The van der Waals surface area contributed by atoms with Crippen LogP contribution in [0.1, 0.15) is 58.9 Å². The molecule has 1 fully saturated rings. The fourth-order valence-electron chi connectivity index (χ4n) is 3.73. The second kappa shape index (κ2) is 5.66. The van der Waals surface area contributed by atoms with Crippen molar-refractivity contribution in [3.8, 4) is 0 Å². The Hall–Kier alpha value is -0.820. The van der Waals surface area contributed by atoms with Crippen molar-refractivity contribution in [2.75, 3.05) is 6.54 Å². The third-order valence-corrected chi connectivity index (χ3v) is 4.73. The van der Waals surface area contributed by atoms with Gasteiger partial charge in [-0.2, -0.15) is 0 Å². The number of rotatable bonds is 4. The lowest BCUT2D eigenvalue weighted by Crippen LogP contribution is -2.58. The van der Waals surface area contributed by atoms with E-state index in [2.05, 4.69) is 62.9 Å². The number of aryl methyl sites for hydroxylation is 1. The number of nitrogens with zero attached hydrogens (tertiary/aromatic N) is 1. The summed E-state index contributed by atoms with van der Waals surface area (Å²) >= 11 is 0. The molecule has 106 valence electrons. The van der Waals surface area contributed by atoms with E-state index in [1.807, 2.05) is 0 Å². The minimum Gasteiger partial charge on any atom is -0.293 e. The summed E-state index contributed by atoms with van der Waals surface area (Å²) in [7, 11) is 0. The molecule has 0 amide bonds. The van der Waals surface area contributed by atoms with Gasteiger partial charge in [-0.3, -0.25) is 4.90 Å². The van der Waals surface area contributed by atoms with Crippen LogP contribution in [0.15, 0.2) is 30.3 Å². The van der Waals surface area contributed by atoms with Crippen LogP contribution in [0, 0.1) is 0 Å². The summed E-state index contributed by atoms with van der Waals surface area (Å²) in [5, 5.41) is 0. The van der Waals surface area contributed by atoms with Crippen LogP contribution in [0.25, 0.3) is 0 Å². The van der Waals surface area contributed by atoms with E-state index < -0.39 is 0 Å². The standard InChI is InChI=1S/C18H29N/c1-17(2)13-9-14-18(3,4)19(17)15-8-12-16-10-6-5-7-11-16/h5-7,10-11H,8-9,12-15H2,1-4H3. The van der Waals surface area contributed by atoms with Crippen molar-refractivity contribution >= 4 is 0 Å². The number of hydrogen-bond acceptors (Lipinski definition) is 1. The molecule has 0 saturated carbocycles. The highest BCUT2D eigenvalue weighted by atomic mass is 15.3. The molecule has 0 aliphatic carbocycles. The molecule has 19 heavy (non-hydrogen) atoms. The van der Waals surface area contributed by atoms with Crippen LogP contribution < -0.4 is 0 Å². The topological polar surface area (TPSA) is 3.24 Å². The molecule has 0 atom stereocenters. The summed E-state index contributed by atoms with van der Waals surface area (Å²) in [6.07, 6.45) is 6.50. The van der Waals surface area contributed by atoms with E-state index in [1.165, 1.54) is 44.2 Å². The molecule has 1 saturated heterocycles. The zero-order valence-corrected chi connectivity index (χ0v) is 13.1. The SMILES string of the molecule is CC1(C)CCCC(C)(C)N1CCCc1ccccc1. The van der Waals surface area contributed by atoms with Gasteiger partial charge in [0.25, 0.3) is 0 Å². The molecule has 0 bridgehead atoms. The van der Waals surface area contributed by atoms with E-state index in [0.29, 0.717) is 11.1 Å². The highest BCUT2D eigenvalue weighted by molar-refractivity contribution is 5.14. The molecule has 0 spiro atoms. The molecular weight excluding hydrogens is 230 g/mol. The Morgan fingerprint density at radius 3 is 2.11 bits per heavy atom. The number of benzene rings is 1. The zero-order valence-electron chi connectivity index (χ0n) is 13.1. The van der Waals surface area contributed by atoms with Gasteiger partial charge in [0, 0.05) is 11.1 Å². The first-order valence-corrected chi connectivity index (χ1v) is 7.73. The molecular formula is C18H29N. The third-order valence-electron chi connectivity index (χ3n) is 4.73. The van der Waals surface area contributed by atoms with Gasteiger partial charge < -0.3 is 0 Å². The summed E-state index contributed by atoms with van der Waals surface area (Å²) in [6.45, 7) is 10.9. The molecule has 0 radical (unpaired) electrons. The minimum absolute atomic E-state index is 0.360. The molecule has 0 aromatic heterocycles. The Labute approximate surface area is 119 Å². The van der Waals surface area contributed by atoms with Gasteiger partial charge in [0.05, 0.1) is 0 Å². The number of piperidine rings is 1. The Bertz CT molecular complexity index is 375. The molecule has 2 rings (SSSR count). The Kier molecular flexibility index (Phi) is 4.35. The normalized spacial score (nSPS) is 22.3. The molecule has 1 heteroatoms. The van der Waals surface area contributed by atoms with Crippen molar-refractivity contribution < 1.29 is 0 Å². The maximum Gasteiger partial charge on any atom is 0.0158 e. The molecule has 0 N–H and O–H groups in total. The van der Waals surface area contributed by atoms with Gasteiger partial charge in [0.1, 0.15) is 0 Å². The van der Waals surface area contributed by atoms with E-state index in [9.17, 15) is 0 Å². The monoisotopic (exact) mass is 259 g/mol. The average molecular weight is 259 g/mol. The van der Waals surface area contributed by atoms with E-state index in [-0.39, 0.29) is 0 Å². The smallest absolute Gasteiger partial charge is 0.0158 e. The Morgan fingerprint density at radius 2 is 1.53 bits per heavy atom. The summed E-state index contributed by atoms with van der Waals surface area (Å²) in [4.78, 5) is 2.74. The molecule has 1 aliphatic heterocycles. The summed E-state index contributed by atoms with van der Waals surface area (Å²) in [6, 6.07) is 10.9. The van der Waals surface area contributed by atoms with Gasteiger partial charge in [0.15, 0.2) is 0 Å². The number of likely N-dealkylation sites (tertiary alicyclic amines) is 1. The van der Waals surface area contributed by atoms with E-state index >= 15 is 0 Å². The third kappa shape index (κ3) is 3.60. The van der Waals surface area contributed by atoms with Crippen LogP contribution in [0.4, 0.5) is 0 Å². The lowest BCUT2D eigenvalue weighted by Gasteiger charge is -2.53. The highest BCUT2D eigenvalue weighted by Crippen LogP contribution is 2.38. The predicted molar refractivity (Wildman–Crippen MR) is 83.5 cm³/mol. The predicted octanol–water partition coefficient (Wildman–Crippen LogP) is 4.66. The van der Waals surface area contributed by atoms with Gasteiger partial charge in [-0.05, 0) is 71.9 Å². The summed E-state index contributed by atoms with van der Waals surface area (Å²) in [5.41, 5.74) is 2.19. The molecule has 1 aliphatic rings. The maximum atomic E-state index is 2.74. The van der Waals surface area contributed by atoms with Crippen LogP contribution in [0.3, 0.4) is 0 Å². The van der Waals surface area contributed by atoms with Crippen LogP contribution >= 0.6 is 0 Å². The first-order chi connectivity index (χ1) is 8.92. The van der Waals surface area contributed by atoms with Crippen LogP contribution in [-0.4, -0.2) is 22.5 Å². The van der Waals surface area contributed by atoms with Crippen molar-refractivity contribution in [2.24, 2.45) is 0 Å². The molecule has 1 aromatic carbocycles. The van der Waals surface area contributed by atoms with Crippen molar-refractivity contribution in [3.05, 3.63) is 35.9 Å². The van der Waals surface area contributed by atoms with Crippen molar-refractivity contribution in [3.63, 3.8) is 0 Å². The first-order valence-electron chi connectivity index (χ1n) is 7.73. The molecule has 1 heterocycles. The number of hydrogen-bond donors (Lipinski definition) is 0. The molecule has 0 unspecified atom stereocenters. The highest BCUT2D eigenvalue weighted by Gasteiger charge is 2.40. The molecule has 1 nitrogen and oxygen atoms in total. The largest absolute Gasteiger partial charge is 0.293 e. The van der Waals surface area contributed by atoms with Gasteiger partial charge in [-0.25, -0.2) is 0 Å². The lowest BCUT2D eigenvalue weighted by atomic mass is 9.79. The van der Waals surface area contributed by atoms with Crippen LogP contribution in [0.5, 0.6) is 0 Å². The van der Waals surface area contributed by atoms with Crippen molar-refractivity contribution in [1.82, 2.24) is 4.90 Å². The van der Waals surface area contributed by atoms with Crippen LogP contribution in [-0.2, 0) is 6.42 Å². The zero-order chi connectivity index (χ0) is 13.9. The second-order valence-corrected chi connectivity index (χ2v) is 7.22. The summed E-state index contributed by atoms with van der Waals surface area (Å²) in [5.74, 6) is 0. The van der Waals surface area contributed by atoms with Gasteiger partial charge in [0.2, 0.25) is 0 Å². The van der Waals surface area contributed by atoms with Crippen molar-refractivity contribution in [1.29, 1.82) is 0 Å². The van der Waals surface area contributed by atoms with Gasteiger partial charge in [-0.1, -0.05) is 30.3 Å². The van der Waals surface area contributed by atoms with E-state index in [4.69, 9.17) is 0 Å². The molecule has 1 aromatic rings. The van der Waals surface area contributed by atoms with Gasteiger partial charge in [-0.15, -0.1) is 0 Å². The quantitative estimate of drug-likeness (QED) is 0.760. The Morgan fingerprint density at radius 1 is 0.947 bits per heavy atom. The second-order valence-electron chi connectivity index (χ2n) is 7.22. The van der Waals surface area contributed by atoms with Crippen molar-refractivity contribution in [2.45, 2.75) is 70.9 Å². The van der Waals surface area contributed by atoms with Gasteiger partial charge >= 0.3 is 0 Å². The average Bonchev–Trinajstić information content (AvgIpc) is 2.33.